The first-order valence-electron chi connectivity index (χ1n) is 8.43. The van der Waals surface area contributed by atoms with E-state index in [9.17, 15) is 4.79 Å². The predicted octanol–water partition coefficient (Wildman–Crippen LogP) is 2.66. The van der Waals surface area contributed by atoms with Crippen LogP contribution in [-0.4, -0.2) is 35.0 Å². The number of amides is 1. The van der Waals surface area contributed by atoms with E-state index in [2.05, 4.69) is 17.1 Å². The topological polar surface area (TPSA) is 68.5 Å². The van der Waals surface area contributed by atoms with Gasteiger partial charge < -0.3 is 15.4 Å². The average Bonchev–Trinajstić information content (AvgIpc) is 3.47. The van der Waals surface area contributed by atoms with E-state index in [4.69, 9.17) is 10.5 Å². The molecule has 5 heteroatoms. The van der Waals surface area contributed by atoms with Crippen molar-refractivity contribution in [2.45, 2.75) is 25.0 Å². The Hall–Kier alpha value is -2.40. The summed E-state index contributed by atoms with van der Waals surface area (Å²) >= 11 is 0. The Morgan fingerprint density at radius 3 is 2.58 bits per heavy atom. The number of hydrogen-bond donors (Lipinski definition) is 1. The Balaban J connectivity index is 1.58. The van der Waals surface area contributed by atoms with Crippen molar-refractivity contribution in [2.24, 2.45) is 5.92 Å². The highest BCUT2D eigenvalue weighted by molar-refractivity contribution is 5.92. The molecule has 2 heterocycles. The van der Waals surface area contributed by atoms with Crippen LogP contribution in [0.25, 0.3) is 0 Å². The number of rotatable bonds is 3. The Labute approximate surface area is 141 Å². The van der Waals surface area contributed by atoms with Gasteiger partial charge >= 0.3 is 0 Å². The van der Waals surface area contributed by atoms with Crippen molar-refractivity contribution in [1.29, 1.82) is 0 Å². The van der Waals surface area contributed by atoms with Gasteiger partial charge in [0.2, 0.25) is 0 Å². The zero-order chi connectivity index (χ0) is 16.5. The molecule has 1 aromatic carbocycles. The van der Waals surface area contributed by atoms with Crippen molar-refractivity contribution in [2.75, 3.05) is 18.8 Å². The maximum absolute atomic E-state index is 12.9. The van der Waals surface area contributed by atoms with E-state index in [1.165, 1.54) is 12.8 Å². The SMILES string of the molecule is Nc1cccc(C(=O)N2C[C@@H](c3ccccc3)O[C@@H](C3CC3)C2)n1. The van der Waals surface area contributed by atoms with Crippen LogP contribution in [0.3, 0.4) is 0 Å². The summed E-state index contributed by atoms with van der Waals surface area (Å²) in [6, 6.07) is 15.3. The molecule has 2 aromatic rings. The molecule has 2 fully saturated rings. The van der Waals surface area contributed by atoms with Gasteiger partial charge in [0.25, 0.3) is 5.91 Å². The van der Waals surface area contributed by atoms with Gasteiger partial charge in [0, 0.05) is 6.54 Å². The number of pyridine rings is 1. The van der Waals surface area contributed by atoms with Crippen molar-refractivity contribution in [3.8, 4) is 0 Å². The van der Waals surface area contributed by atoms with Crippen LogP contribution in [0.5, 0.6) is 0 Å². The number of carbonyl (C=O) groups is 1. The van der Waals surface area contributed by atoms with Crippen LogP contribution >= 0.6 is 0 Å². The van der Waals surface area contributed by atoms with E-state index in [-0.39, 0.29) is 18.1 Å². The van der Waals surface area contributed by atoms with Gasteiger partial charge in [0.1, 0.15) is 17.6 Å². The highest BCUT2D eigenvalue weighted by Crippen LogP contribution is 2.39. The number of morpholine rings is 1. The van der Waals surface area contributed by atoms with Crippen molar-refractivity contribution >= 4 is 11.7 Å². The molecule has 0 radical (unpaired) electrons. The Morgan fingerprint density at radius 1 is 1.08 bits per heavy atom. The summed E-state index contributed by atoms with van der Waals surface area (Å²) in [7, 11) is 0. The monoisotopic (exact) mass is 323 g/mol. The molecule has 5 nitrogen and oxygen atoms in total. The van der Waals surface area contributed by atoms with E-state index in [0.29, 0.717) is 30.5 Å². The van der Waals surface area contributed by atoms with Crippen LogP contribution in [-0.2, 0) is 4.74 Å². The molecule has 124 valence electrons. The third-order valence-electron chi connectivity index (χ3n) is 4.72. The number of anilines is 1. The summed E-state index contributed by atoms with van der Waals surface area (Å²) in [5.41, 5.74) is 7.24. The average molecular weight is 323 g/mol. The Kier molecular flexibility index (Phi) is 3.94. The normalized spacial score (nSPS) is 23.9. The number of aromatic nitrogens is 1. The van der Waals surface area contributed by atoms with E-state index >= 15 is 0 Å². The summed E-state index contributed by atoms with van der Waals surface area (Å²) in [5.74, 6) is 0.866. The van der Waals surface area contributed by atoms with E-state index in [1.54, 1.807) is 18.2 Å². The van der Waals surface area contributed by atoms with Gasteiger partial charge in [-0.1, -0.05) is 36.4 Å². The molecular formula is C19H21N3O2. The summed E-state index contributed by atoms with van der Waals surface area (Å²) in [6.07, 6.45) is 2.39. The van der Waals surface area contributed by atoms with Crippen molar-refractivity contribution in [3.63, 3.8) is 0 Å². The number of ether oxygens (including phenoxy) is 1. The lowest BCUT2D eigenvalue weighted by molar-refractivity contribution is -0.0864. The van der Waals surface area contributed by atoms with E-state index in [1.807, 2.05) is 23.1 Å². The minimum atomic E-state index is -0.0874. The number of nitrogens with two attached hydrogens (primary N) is 1. The summed E-state index contributed by atoms with van der Waals surface area (Å²) < 4.78 is 6.30. The van der Waals surface area contributed by atoms with Crippen LogP contribution < -0.4 is 5.73 Å². The summed E-state index contributed by atoms with van der Waals surface area (Å²) in [5, 5.41) is 0. The number of hydrogen-bond acceptors (Lipinski definition) is 4. The maximum atomic E-state index is 12.9. The molecule has 0 bridgehead atoms. The highest BCUT2D eigenvalue weighted by Gasteiger charge is 2.40. The van der Waals surface area contributed by atoms with Crippen molar-refractivity contribution < 1.29 is 9.53 Å². The first kappa shape index (κ1) is 15.1. The van der Waals surface area contributed by atoms with E-state index in [0.717, 1.165) is 5.56 Å². The van der Waals surface area contributed by atoms with Crippen LogP contribution in [0.4, 0.5) is 5.82 Å². The fourth-order valence-electron chi connectivity index (χ4n) is 3.27. The third kappa shape index (κ3) is 3.12. The molecule has 4 rings (SSSR count). The van der Waals surface area contributed by atoms with Gasteiger partial charge in [0.05, 0.1) is 12.6 Å². The largest absolute Gasteiger partial charge is 0.384 e. The molecule has 1 aliphatic carbocycles. The fourth-order valence-corrected chi connectivity index (χ4v) is 3.27. The fraction of sp³-hybridized carbons (Fsp3) is 0.368. The van der Waals surface area contributed by atoms with Gasteiger partial charge in [-0.15, -0.1) is 0 Å². The zero-order valence-electron chi connectivity index (χ0n) is 13.5. The molecule has 1 amide bonds. The number of carbonyl (C=O) groups excluding carboxylic acids is 1. The Morgan fingerprint density at radius 2 is 1.88 bits per heavy atom. The lowest BCUT2D eigenvalue weighted by Crippen LogP contribution is -2.48. The maximum Gasteiger partial charge on any atom is 0.272 e. The van der Waals surface area contributed by atoms with Gasteiger partial charge in [0.15, 0.2) is 0 Å². The standard InChI is InChI=1S/C19H21N3O2/c20-18-8-4-7-15(21-18)19(23)22-11-16(13-5-2-1-3-6-13)24-17(12-22)14-9-10-14/h1-8,14,16-17H,9-12H2,(H2,20,21)/t16-,17+/m0/s1. The minimum Gasteiger partial charge on any atom is -0.384 e. The zero-order valence-corrected chi connectivity index (χ0v) is 13.5. The minimum absolute atomic E-state index is 0.0721. The number of benzene rings is 1. The first-order valence-corrected chi connectivity index (χ1v) is 8.43. The quantitative estimate of drug-likeness (QED) is 0.943. The summed E-state index contributed by atoms with van der Waals surface area (Å²) in [4.78, 5) is 18.9. The molecule has 2 atom stereocenters. The lowest BCUT2D eigenvalue weighted by Gasteiger charge is -2.38. The van der Waals surface area contributed by atoms with Crippen molar-refractivity contribution in [3.05, 3.63) is 59.8 Å². The Bertz CT molecular complexity index is 730. The number of nitrogen functional groups attached to an aromatic ring is 1. The molecule has 1 saturated heterocycles. The lowest BCUT2D eigenvalue weighted by atomic mass is 10.0. The van der Waals surface area contributed by atoms with E-state index < -0.39 is 0 Å². The molecule has 24 heavy (non-hydrogen) atoms. The molecular weight excluding hydrogens is 302 g/mol. The van der Waals surface area contributed by atoms with Crippen LogP contribution in [0.15, 0.2) is 48.5 Å². The molecule has 1 aliphatic heterocycles. The second-order valence-corrected chi connectivity index (χ2v) is 6.57. The number of nitrogens with zero attached hydrogens (tertiary/aromatic N) is 2. The van der Waals surface area contributed by atoms with Crippen LogP contribution in [0.2, 0.25) is 0 Å². The molecule has 0 unspecified atom stereocenters. The first-order chi connectivity index (χ1) is 11.7. The van der Waals surface area contributed by atoms with Crippen LogP contribution in [0.1, 0.15) is 35.0 Å². The molecule has 2 N–H and O–H groups in total. The predicted molar refractivity (Wildman–Crippen MR) is 91.3 cm³/mol. The second kappa shape index (κ2) is 6.24. The van der Waals surface area contributed by atoms with Crippen LogP contribution in [0, 0.1) is 5.92 Å². The molecule has 1 aromatic heterocycles. The van der Waals surface area contributed by atoms with Gasteiger partial charge in [-0.05, 0) is 36.5 Å². The molecule has 2 aliphatic rings. The molecule has 1 saturated carbocycles. The highest BCUT2D eigenvalue weighted by atomic mass is 16.5. The van der Waals surface area contributed by atoms with Gasteiger partial charge in [-0.3, -0.25) is 4.79 Å². The molecule has 0 spiro atoms. The summed E-state index contributed by atoms with van der Waals surface area (Å²) in [6.45, 7) is 1.17. The smallest absolute Gasteiger partial charge is 0.272 e. The second-order valence-electron chi connectivity index (χ2n) is 6.57. The van der Waals surface area contributed by atoms with Crippen molar-refractivity contribution in [1.82, 2.24) is 9.88 Å². The van der Waals surface area contributed by atoms with Gasteiger partial charge in [-0.2, -0.15) is 0 Å². The van der Waals surface area contributed by atoms with Gasteiger partial charge in [-0.25, -0.2) is 4.98 Å². The third-order valence-corrected chi connectivity index (χ3v) is 4.72.